The Labute approximate surface area is 57.4 Å². The third-order valence-electron chi connectivity index (χ3n) is 1.18. The Morgan fingerprint density at radius 3 is 2.38 bits per heavy atom. The zero-order valence-electron chi connectivity index (χ0n) is 4.98. The lowest BCUT2D eigenvalue weighted by atomic mass is 10.4. The summed E-state index contributed by atoms with van der Waals surface area (Å²) in [4.78, 5) is 0. The normalized spacial score (nSPS) is 9.88. The highest BCUT2D eigenvalue weighted by Crippen LogP contribution is 2.14. The number of hydrogen-bond acceptors (Lipinski definition) is 0. The molecule has 0 unspecified atom stereocenters. The first-order chi connectivity index (χ1) is 3.72. The Balaban J connectivity index is 3.19. The minimum atomic E-state index is 1.16. The summed E-state index contributed by atoms with van der Waals surface area (Å²) in [6.07, 6.45) is 2.03. The Morgan fingerprint density at radius 2 is 2.25 bits per heavy atom. The number of rotatable bonds is 0. The van der Waals surface area contributed by atoms with Crippen LogP contribution in [0.5, 0.6) is 0 Å². The van der Waals surface area contributed by atoms with Crippen LogP contribution in [0.2, 0.25) is 0 Å². The van der Waals surface area contributed by atoms with Gasteiger partial charge in [-0.15, -0.1) is 0 Å². The van der Waals surface area contributed by atoms with Crippen molar-refractivity contribution >= 4 is 15.9 Å². The highest BCUT2D eigenvalue weighted by molar-refractivity contribution is 9.10. The fourth-order valence-electron chi connectivity index (χ4n) is 0.636. The molecule has 0 aliphatic rings. The minimum Gasteiger partial charge on any atom is -0.345 e. The van der Waals surface area contributed by atoms with Crippen LogP contribution >= 0.6 is 15.9 Å². The Kier molecular flexibility index (Phi) is 1.43. The molecule has 0 atom stereocenters. The lowest BCUT2D eigenvalue weighted by Gasteiger charge is -1.91. The maximum atomic E-state index is 3.41. The standard InChI is InChI=1S/C6H8BrN/c1-5-3-4-8(2)6(5)7/h3-4H,1-2H3. The molecule has 2 heteroatoms. The second-order valence-corrected chi connectivity index (χ2v) is 2.65. The van der Waals surface area contributed by atoms with E-state index in [0.29, 0.717) is 0 Å². The van der Waals surface area contributed by atoms with E-state index in [1.807, 2.05) is 17.8 Å². The molecule has 1 aromatic heterocycles. The molecule has 0 radical (unpaired) electrons. The predicted octanol–water partition coefficient (Wildman–Crippen LogP) is 2.10. The van der Waals surface area contributed by atoms with Gasteiger partial charge in [-0.1, -0.05) is 0 Å². The summed E-state index contributed by atoms with van der Waals surface area (Å²) in [5.41, 5.74) is 1.28. The van der Waals surface area contributed by atoms with Crippen molar-refractivity contribution in [1.29, 1.82) is 0 Å². The van der Waals surface area contributed by atoms with Crippen molar-refractivity contribution in [3.63, 3.8) is 0 Å². The van der Waals surface area contributed by atoms with E-state index < -0.39 is 0 Å². The first-order valence-corrected chi connectivity index (χ1v) is 3.28. The first kappa shape index (κ1) is 5.89. The molecule has 0 aromatic carbocycles. The van der Waals surface area contributed by atoms with Crippen LogP contribution in [0.15, 0.2) is 16.9 Å². The summed E-state index contributed by atoms with van der Waals surface area (Å²) < 4.78 is 3.20. The van der Waals surface area contributed by atoms with Gasteiger partial charge in [0, 0.05) is 13.2 Å². The highest BCUT2D eigenvalue weighted by Gasteiger charge is 1.94. The third-order valence-corrected chi connectivity index (χ3v) is 2.37. The van der Waals surface area contributed by atoms with Gasteiger partial charge in [-0.05, 0) is 34.5 Å². The maximum Gasteiger partial charge on any atom is 0.0873 e. The van der Waals surface area contributed by atoms with Crippen LogP contribution in [-0.2, 0) is 7.05 Å². The SMILES string of the molecule is Cc1ccn(C)c1Br. The van der Waals surface area contributed by atoms with Crippen LogP contribution in [0, 0.1) is 6.92 Å². The quantitative estimate of drug-likeness (QED) is 0.567. The molecule has 8 heavy (non-hydrogen) atoms. The average molecular weight is 174 g/mol. The summed E-state index contributed by atoms with van der Waals surface area (Å²) in [6, 6.07) is 2.07. The smallest absolute Gasteiger partial charge is 0.0873 e. The topological polar surface area (TPSA) is 4.93 Å². The van der Waals surface area contributed by atoms with Crippen LogP contribution in [0.4, 0.5) is 0 Å². The van der Waals surface area contributed by atoms with Crippen molar-refractivity contribution in [3.05, 3.63) is 22.4 Å². The highest BCUT2D eigenvalue weighted by atomic mass is 79.9. The number of halogens is 1. The average Bonchev–Trinajstić information content (AvgIpc) is 1.98. The van der Waals surface area contributed by atoms with Crippen LogP contribution in [0.1, 0.15) is 5.56 Å². The minimum absolute atomic E-state index is 1.16. The van der Waals surface area contributed by atoms with E-state index in [9.17, 15) is 0 Å². The van der Waals surface area contributed by atoms with E-state index in [2.05, 4.69) is 28.9 Å². The lowest BCUT2D eigenvalue weighted by Crippen LogP contribution is -1.82. The number of hydrogen-bond donors (Lipinski definition) is 0. The summed E-state index contributed by atoms with van der Waals surface area (Å²) in [7, 11) is 2.01. The monoisotopic (exact) mass is 173 g/mol. The summed E-state index contributed by atoms with van der Waals surface area (Å²) in [6.45, 7) is 2.07. The zero-order chi connectivity index (χ0) is 6.15. The number of aromatic nitrogens is 1. The summed E-state index contributed by atoms with van der Waals surface area (Å²) in [5.74, 6) is 0. The molecule has 0 saturated heterocycles. The summed E-state index contributed by atoms with van der Waals surface area (Å²) in [5, 5.41) is 0. The molecule has 0 N–H and O–H groups in total. The largest absolute Gasteiger partial charge is 0.345 e. The molecule has 0 bridgehead atoms. The molecule has 44 valence electrons. The second kappa shape index (κ2) is 1.94. The first-order valence-electron chi connectivity index (χ1n) is 2.49. The van der Waals surface area contributed by atoms with E-state index in [1.54, 1.807) is 0 Å². The molecule has 0 saturated carbocycles. The van der Waals surface area contributed by atoms with Crippen molar-refractivity contribution in [2.24, 2.45) is 7.05 Å². The molecule has 0 aliphatic heterocycles. The predicted molar refractivity (Wildman–Crippen MR) is 37.9 cm³/mol. The van der Waals surface area contributed by atoms with Gasteiger partial charge in [-0.25, -0.2) is 0 Å². The van der Waals surface area contributed by atoms with Gasteiger partial charge in [-0.3, -0.25) is 0 Å². The van der Waals surface area contributed by atoms with Gasteiger partial charge in [-0.2, -0.15) is 0 Å². The molecule has 1 aromatic rings. The van der Waals surface area contributed by atoms with Gasteiger partial charge in [0.1, 0.15) is 0 Å². The Bertz CT molecular complexity index is 171. The summed E-state index contributed by atoms with van der Waals surface area (Å²) >= 11 is 3.41. The van der Waals surface area contributed by atoms with Gasteiger partial charge in [0.2, 0.25) is 0 Å². The fourth-order valence-corrected chi connectivity index (χ4v) is 0.886. The molecule has 1 nitrogen and oxygen atoms in total. The van der Waals surface area contributed by atoms with Crippen molar-refractivity contribution in [3.8, 4) is 0 Å². The Hall–Kier alpha value is -0.240. The van der Waals surface area contributed by atoms with Crippen molar-refractivity contribution in [2.45, 2.75) is 6.92 Å². The molecule has 0 amide bonds. The van der Waals surface area contributed by atoms with Crippen LogP contribution in [0.25, 0.3) is 0 Å². The van der Waals surface area contributed by atoms with E-state index in [-0.39, 0.29) is 0 Å². The van der Waals surface area contributed by atoms with E-state index in [0.717, 1.165) is 4.60 Å². The second-order valence-electron chi connectivity index (χ2n) is 1.90. The number of aryl methyl sites for hydroxylation is 2. The van der Waals surface area contributed by atoms with Crippen molar-refractivity contribution < 1.29 is 0 Å². The van der Waals surface area contributed by atoms with E-state index in [4.69, 9.17) is 0 Å². The Morgan fingerprint density at radius 1 is 1.62 bits per heavy atom. The zero-order valence-corrected chi connectivity index (χ0v) is 6.57. The lowest BCUT2D eigenvalue weighted by molar-refractivity contribution is 0.897. The maximum absolute atomic E-state index is 3.41. The molecule has 1 rings (SSSR count). The van der Waals surface area contributed by atoms with Crippen molar-refractivity contribution in [1.82, 2.24) is 4.57 Å². The van der Waals surface area contributed by atoms with E-state index >= 15 is 0 Å². The molecule has 1 heterocycles. The van der Waals surface area contributed by atoms with Crippen LogP contribution in [0.3, 0.4) is 0 Å². The van der Waals surface area contributed by atoms with Crippen molar-refractivity contribution in [2.75, 3.05) is 0 Å². The van der Waals surface area contributed by atoms with Gasteiger partial charge in [0.25, 0.3) is 0 Å². The van der Waals surface area contributed by atoms with E-state index in [1.165, 1.54) is 5.56 Å². The van der Waals surface area contributed by atoms with Gasteiger partial charge in [0.05, 0.1) is 4.60 Å². The molecule has 0 aliphatic carbocycles. The molecular weight excluding hydrogens is 166 g/mol. The number of nitrogens with zero attached hydrogens (tertiary/aromatic N) is 1. The van der Waals surface area contributed by atoms with Crippen LogP contribution in [-0.4, -0.2) is 4.57 Å². The molecule has 0 fully saturated rings. The molecular formula is C6H8BrN. The molecule has 0 spiro atoms. The van der Waals surface area contributed by atoms with Gasteiger partial charge >= 0.3 is 0 Å². The van der Waals surface area contributed by atoms with Gasteiger partial charge < -0.3 is 4.57 Å². The fraction of sp³-hybridized carbons (Fsp3) is 0.333. The third kappa shape index (κ3) is 0.802. The van der Waals surface area contributed by atoms with Crippen LogP contribution < -0.4 is 0 Å². The van der Waals surface area contributed by atoms with Gasteiger partial charge in [0.15, 0.2) is 0 Å².